The highest BCUT2D eigenvalue weighted by Crippen LogP contribution is 2.13. The predicted molar refractivity (Wildman–Crippen MR) is 125 cm³/mol. The Morgan fingerprint density at radius 1 is 0.643 bits per heavy atom. The minimum atomic E-state index is 0.247. The third kappa shape index (κ3) is 20.2. The Morgan fingerprint density at radius 3 is 1.50 bits per heavy atom. The Morgan fingerprint density at radius 2 is 1.07 bits per heavy atom. The van der Waals surface area contributed by atoms with Crippen LogP contribution in [0.3, 0.4) is 0 Å². The molecule has 0 saturated carbocycles. The van der Waals surface area contributed by atoms with Crippen molar-refractivity contribution in [3.05, 3.63) is 0 Å². The fourth-order valence-electron chi connectivity index (χ4n) is 3.64. The molecule has 0 heterocycles. The highest BCUT2D eigenvalue weighted by Gasteiger charge is 2.10. The van der Waals surface area contributed by atoms with E-state index in [1.807, 2.05) is 0 Å². The molecule has 0 aliphatic carbocycles. The standard InChI is InChI=1S/C25H52N2O/c1-5-7-8-9-10-11-12-13-14-15-16-17-18-19-20-22-25(28)26-23-21-24-27(3,4)6-2/h5-24H2,1-4H3/p+1. The summed E-state index contributed by atoms with van der Waals surface area (Å²) in [7, 11) is 4.49. The van der Waals surface area contributed by atoms with Gasteiger partial charge < -0.3 is 9.80 Å². The largest absolute Gasteiger partial charge is 0.356 e. The minimum absolute atomic E-state index is 0.247. The summed E-state index contributed by atoms with van der Waals surface area (Å²) in [5, 5.41) is 3.08. The number of carbonyl (C=O) groups is 1. The van der Waals surface area contributed by atoms with Crippen LogP contribution in [0.2, 0.25) is 0 Å². The summed E-state index contributed by atoms with van der Waals surface area (Å²) in [6.45, 7) is 7.62. The van der Waals surface area contributed by atoms with Crippen LogP contribution in [0.15, 0.2) is 0 Å². The Balaban J connectivity index is 3.21. The lowest BCUT2D eigenvalue weighted by Gasteiger charge is -2.28. The first-order chi connectivity index (χ1) is 13.5. The Labute approximate surface area is 177 Å². The van der Waals surface area contributed by atoms with Crippen molar-refractivity contribution in [1.29, 1.82) is 0 Å². The molecule has 28 heavy (non-hydrogen) atoms. The number of nitrogens with zero attached hydrogens (tertiary/aromatic N) is 1. The van der Waals surface area contributed by atoms with E-state index >= 15 is 0 Å². The molecule has 0 aromatic rings. The number of rotatable bonds is 21. The van der Waals surface area contributed by atoms with Crippen LogP contribution in [0.25, 0.3) is 0 Å². The lowest BCUT2D eigenvalue weighted by molar-refractivity contribution is -0.888. The topological polar surface area (TPSA) is 29.1 Å². The average Bonchev–Trinajstić information content (AvgIpc) is 2.68. The van der Waals surface area contributed by atoms with Crippen LogP contribution in [-0.4, -0.2) is 44.1 Å². The molecule has 3 nitrogen and oxygen atoms in total. The number of hydrogen-bond acceptors (Lipinski definition) is 1. The summed E-state index contributed by atoms with van der Waals surface area (Å²) in [6, 6.07) is 0. The van der Waals surface area contributed by atoms with Gasteiger partial charge in [0.05, 0.1) is 27.2 Å². The summed E-state index contributed by atoms with van der Waals surface area (Å²) in [5.41, 5.74) is 0. The van der Waals surface area contributed by atoms with Crippen LogP contribution in [0.1, 0.15) is 123 Å². The van der Waals surface area contributed by atoms with E-state index in [0.717, 1.165) is 37.0 Å². The Bertz CT molecular complexity index is 341. The van der Waals surface area contributed by atoms with Crippen molar-refractivity contribution in [2.45, 2.75) is 123 Å². The van der Waals surface area contributed by atoms with E-state index in [0.29, 0.717) is 6.42 Å². The second-order valence-electron chi connectivity index (χ2n) is 9.38. The molecule has 0 rings (SSSR count). The van der Waals surface area contributed by atoms with Crippen LogP contribution in [0.4, 0.5) is 0 Å². The number of carbonyl (C=O) groups excluding carboxylic acids is 1. The molecule has 1 amide bonds. The van der Waals surface area contributed by atoms with E-state index < -0.39 is 0 Å². The molecular weight excluding hydrogens is 344 g/mol. The number of unbranched alkanes of at least 4 members (excludes halogenated alkanes) is 14. The van der Waals surface area contributed by atoms with Gasteiger partial charge in [0.2, 0.25) is 5.91 Å². The highest BCUT2D eigenvalue weighted by molar-refractivity contribution is 5.75. The van der Waals surface area contributed by atoms with E-state index in [1.165, 1.54) is 89.9 Å². The van der Waals surface area contributed by atoms with Gasteiger partial charge in [-0.1, -0.05) is 96.8 Å². The van der Waals surface area contributed by atoms with E-state index in [-0.39, 0.29) is 5.91 Å². The zero-order valence-electron chi connectivity index (χ0n) is 20.0. The molecule has 0 aliphatic heterocycles. The first-order valence-electron chi connectivity index (χ1n) is 12.6. The quantitative estimate of drug-likeness (QED) is 0.166. The molecule has 0 unspecified atom stereocenters. The van der Waals surface area contributed by atoms with Gasteiger partial charge in [-0.05, 0) is 13.3 Å². The normalized spacial score (nSPS) is 11.7. The Hall–Kier alpha value is -0.570. The van der Waals surface area contributed by atoms with Crippen molar-refractivity contribution in [2.75, 3.05) is 33.7 Å². The molecular formula is C25H53N2O+. The van der Waals surface area contributed by atoms with Gasteiger partial charge in [0, 0.05) is 19.4 Å². The van der Waals surface area contributed by atoms with Crippen molar-refractivity contribution < 1.29 is 9.28 Å². The van der Waals surface area contributed by atoms with Gasteiger partial charge in [-0.2, -0.15) is 0 Å². The Kier molecular flexibility index (Phi) is 19.3. The minimum Gasteiger partial charge on any atom is -0.356 e. The summed E-state index contributed by atoms with van der Waals surface area (Å²) in [4.78, 5) is 11.9. The SMILES string of the molecule is CCCCCCCCCCCCCCCCCC(=O)NCCC[N+](C)(C)CC. The third-order valence-corrected chi connectivity index (χ3v) is 6.13. The molecule has 1 N–H and O–H groups in total. The van der Waals surface area contributed by atoms with Crippen LogP contribution >= 0.6 is 0 Å². The van der Waals surface area contributed by atoms with Gasteiger partial charge in [0.15, 0.2) is 0 Å². The molecule has 0 aromatic carbocycles. The smallest absolute Gasteiger partial charge is 0.219 e. The second-order valence-corrected chi connectivity index (χ2v) is 9.38. The van der Waals surface area contributed by atoms with Crippen LogP contribution in [-0.2, 0) is 4.79 Å². The van der Waals surface area contributed by atoms with E-state index in [4.69, 9.17) is 0 Å². The van der Waals surface area contributed by atoms with Crippen molar-refractivity contribution in [1.82, 2.24) is 5.32 Å². The molecule has 0 spiro atoms. The van der Waals surface area contributed by atoms with Gasteiger partial charge in [0.1, 0.15) is 0 Å². The molecule has 0 saturated heterocycles. The molecule has 0 aromatic heterocycles. The maximum absolute atomic E-state index is 11.9. The highest BCUT2D eigenvalue weighted by atomic mass is 16.1. The lowest BCUT2D eigenvalue weighted by atomic mass is 10.0. The number of hydrogen-bond donors (Lipinski definition) is 1. The molecule has 3 heteroatoms. The van der Waals surface area contributed by atoms with E-state index in [1.54, 1.807) is 0 Å². The first kappa shape index (κ1) is 27.4. The molecule has 0 fully saturated rings. The molecule has 0 aliphatic rings. The van der Waals surface area contributed by atoms with Crippen molar-refractivity contribution >= 4 is 5.91 Å². The first-order valence-corrected chi connectivity index (χ1v) is 12.6. The number of quaternary nitrogens is 1. The van der Waals surface area contributed by atoms with Crippen LogP contribution < -0.4 is 5.32 Å². The summed E-state index contributed by atoms with van der Waals surface area (Å²) < 4.78 is 1.04. The van der Waals surface area contributed by atoms with E-state index in [9.17, 15) is 4.79 Å². The number of amides is 1. The van der Waals surface area contributed by atoms with Crippen molar-refractivity contribution in [3.63, 3.8) is 0 Å². The molecule has 0 atom stereocenters. The summed E-state index contributed by atoms with van der Waals surface area (Å²) in [6.07, 6.45) is 22.3. The van der Waals surface area contributed by atoms with E-state index in [2.05, 4.69) is 33.3 Å². The molecule has 0 radical (unpaired) electrons. The summed E-state index contributed by atoms with van der Waals surface area (Å²) in [5.74, 6) is 0.247. The second kappa shape index (κ2) is 19.7. The van der Waals surface area contributed by atoms with Gasteiger partial charge in [-0.3, -0.25) is 4.79 Å². The monoisotopic (exact) mass is 397 g/mol. The lowest BCUT2D eigenvalue weighted by Crippen LogP contribution is -2.41. The zero-order valence-corrected chi connectivity index (χ0v) is 20.0. The zero-order chi connectivity index (χ0) is 20.9. The molecule has 0 bridgehead atoms. The molecule has 168 valence electrons. The van der Waals surface area contributed by atoms with Gasteiger partial charge >= 0.3 is 0 Å². The van der Waals surface area contributed by atoms with Gasteiger partial charge in [-0.25, -0.2) is 0 Å². The fourth-order valence-corrected chi connectivity index (χ4v) is 3.64. The average molecular weight is 398 g/mol. The third-order valence-electron chi connectivity index (χ3n) is 6.13. The number of nitrogens with one attached hydrogen (secondary N) is 1. The predicted octanol–water partition coefficient (Wildman–Crippen LogP) is 6.85. The summed E-state index contributed by atoms with van der Waals surface area (Å²) >= 11 is 0. The fraction of sp³-hybridized carbons (Fsp3) is 0.960. The van der Waals surface area contributed by atoms with Crippen molar-refractivity contribution in [2.24, 2.45) is 0 Å². The maximum Gasteiger partial charge on any atom is 0.219 e. The maximum atomic E-state index is 11.9. The van der Waals surface area contributed by atoms with Gasteiger partial charge in [0.25, 0.3) is 0 Å². The van der Waals surface area contributed by atoms with Crippen LogP contribution in [0, 0.1) is 0 Å². The van der Waals surface area contributed by atoms with Gasteiger partial charge in [-0.15, -0.1) is 0 Å². The van der Waals surface area contributed by atoms with Crippen LogP contribution in [0.5, 0.6) is 0 Å². The van der Waals surface area contributed by atoms with Crippen molar-refractivity contribution in [3.8, 4) is 0 Å².